The molecule has 4 nitrogen and oxygen atoms in total. The molecule has 0 unspecified atom stereocenters. The lowest BCUT2D eigenvalue weighted by molar-refractivity contribution is 0.415. The maximum absolute atomic E-state index is 11.9. The fourth-order valence-corrected chi connectivity index (χ4v) is 2.21. The van der Waals surface area contributed by atoms with Crippen LogP contribution in [0.2, 0.25) is 0 Å². The quantitative estimate of drug-likeness (QED) is 0.612. The number of rotatable bonds is 1. The monoisotopic (exact) mass is 240 g/mol. The van der Waals surface area contributed by atoms with Gasteiger partial charge in [-0.1, -0.05) is 6.07 Å². The first-order valence-electron chi connectivity index (χ1n) is 5.66. The molecule has 4 heteroatoms. The first-order valence-corrected chi connectivity index (χ1v) is 5.66. The molecule has 0 fully saturated rings. The third-order valence-electron chi connectivity index (χ3n) is 3.06. The largest absolute Gasteiger partial charge is 0.497 e. The highest BCUT2D eigenvalue weighted by Gasteiger charge is 2.07. The molecule has 3 rings (SSSR count). The van der Waals surface area contributed by atoms with Crippen LogP contribution in [0.1, 0.15) is 5.69 Å². The van der Waals surface area contributed by atoms with Gasteiger partial charge >= 0.3 is 0 Å². The van der Waals surface area contributed by atoms with E-state index >= 15 is 0 Å². The maximum atomic E-state index is 11.9. The molecule has 2 aromatic heterocycles. The second-order valence-electron chi connectivity index (χ2n) is 4.18. The first kappa shape index (κ1) is 10.8. The standard InChI is InChI=1S/C14H12N2O2/c1-9-7-10-3-4-11(18-2)8-12(10)14-15-6-5-13(17)16(9)14/h3-8H,1-2H3. The van der Waals surface area contributed by atoms with Gasteiger partial charge in [-0.2, -0.15) is 0 Å². The molecule has 1 aromatic carbocycles. The van der Waals surface area contributed by atoms with Gasteiger partial charge in [-0.3, -0.25) is 9.20 Å². The Hall–Kier alpha value is -2.36. The zero-order chi connectivity index (χ0) is 12.7. The summed E-state index contributed by atoms with van der Waals surface area (Å²) in [4.78, 5) is 16.2. The lowest BCUT2D eigenvalue weighted by Gasteiger charge is -2.09. The average molecular weight is 240 g/mol. The fraction of sp³-hybridized carbons (Fsp3) is 0.143. The van der Waals surface area contributed by atoms with Crippen molar-refractivity contribution in [3.8, 4) is 5.75 Å². The highest BCUT2D eigenvalue weighted by Crippen LogP contribution is 2.24. The number of ether oxygens (including phenoxy) is 1. The molecule has 0 aliphatic heterocycles. The molecule has 0 spiro atoms. The van der Waals surface area contributed by atoms with Crippen LogP contribution in [0.4, 0.5) is 0 Å². The fourth-order valence-electron chi connectivity index (χ4n) is 2.21. The van der Waals surface area contributed by atoms with E-state index in [1.54, 1.807) is 11.5 Å². The van der Waals surface area contributed by atoms with E-state index in [-0.39, 0.29) is 5.56 Å². The summed E-state index contributed by atoms with van der Waals surface area (Å²) in [6.45, 7) is 1.90. The van der Waals surface area contributed by atoms with E-state index in [1.165, 1.54) is 12.3 Å². The molecule has 0 atom stereocenters. The maximum Gasteiger partial charge on any atom is 0.258 e. The van der Waals surface area contributed by atoms with Crippen molar-refractivity contribution in [1.82, 2.24) is 9.38 Å². The van der Waals surface area contributed by atoms with Gasteiger partial charge in [0.2, 0.25) is 0 Å². The summed E-state index contributed by atoms with van der Waals surface area (Å²) in [6.07, 6.45) is 1.54. The number of aromatic nitrogens is 2. The molecule has 0 saturated heterocycles. The molecule has 0 saturated carbocycles. The zero-order valence-corrected chi connectivity index (χ0v) is 10.2. The van der Waals surface area contributed by atoms with Crippen molar-refractivity contribution in [2.24, 2.45) is 0 Å². The molecule has 0 radical (unpaired) electrons. The highest BCUT2D eigenvalue weighted by atomic mass is 16.5. The number of fused-ring (bicyclic) bond motifs is 3. The minimum atomic E-state index is -0.0674. The van der Waals surface area contributed by atoms with E-state index in [0.29, 0.717) is 5.65 Å². The van der Waals surface area contributed by atoms with Crippen LogP contribution in [0.15, 0.2) is 41.3 Å². The predicted molar refractivity (Wildman–Crippen MR) is 70.3 cm³/mol. The summed E-state index contributed by atoms with van der Waals surface area (Å²) >= 11 is 0. The Morgan fingerprint density at radius 2 is 2.06 bits per heavy atom. The second kappa shape index (κ2) is 3.84. The third kappa shape index (κ3) is 1.46. The van der Waals surface area contributed by atoms with Crippen LogP contribution in [-0.4, -0.2) is 16.5 Å². The number of pyridine rings is 1. The van der Waals surface area contributed by atoms with E-state index in [9.17, 15) is 4.79 Å². The normalized spacial score (nSPS) is 11.0. The molecule has 0 amide bonds. The van der Waals surface area contributed by atoms with Gasteiger partial charge in [0.05, 0.1) is 7.11 Å². The van der Waals surface area contributed by atoms with Crippen molar-refractivity contribution in [3.63, 3.8) is 0 Å². The summed E-state index contributed by atoms with van der Waals surface area (Å²) < 4.78 is 6.83. The van der Waals surface area contributed by atoms with E-state index in [1.807, 2.05) is 31.2 Å². The van der Waals surface area contributed by atoms with Crippen LogP contribution < -0.4 is 10.3 Å². The zero-order valence-electron chi connectivity index (χ0n) is 10.2. The van der Waals surface area contributed by atoms with Crippen molar-refractivity contribution in [2.45, 2.75) is 6.92 Å². The van der Waals surface area contributed by atoms with Gasteiger partial charge in [0.15, 0.2) is 0 Å². The number of benzene rings is 1. The predicted octanol–water partition coefficient (Wildman–Crippen LogP) is 2.16. The molecule has 0 bridgehead atoms. The minimum absolute atomic E-state index is 0.0674. The third-order valence-corrected chi connectivity index (χ3v) is 3.06. The van der Waals surface area contributed by atoms with Crippen molar-refractivity contribution >= 4 is 16.4 Å². The molecule has 3 aromatic rings. The number of methoxy groups -OCH3 is 1. The first-order chi connectivity index (χ1) is 8.70. The Kier molecular flexibility index (Phi) is 2.30. The van der Waals surface area contributed by atoms with Gasteiger partial charge < -0.3 is 4.74 Å². The molecule has 0 aliphatic carbocycles. The smallest absolute Gasteiger partial charge is 0.258 e. The summed E-state index contributed by atoms with van der Waals surface area (Å²) in [5.41, 5.74) is 1.47. The Balaban J connectivity index is 2.58. The molecule has 2 heterocycles. The molecule has 18 heavy (non-hydrogen) atoms. The Morgan fingerprint density at radius 1 is 1.22 bits per heavy atom. The molecule has 90 valence electrons. The van der Waals surface area contributed by atoms with Crippen LogP contribution in [0.3, 0.4) is 0 Å². The number of hydrogen-bond acceptors (Lipinski definition) is 3. The van der Waals surface area contributed by atoms with Crippen LogP contribution in [0.25, 0.3) is 16.4 Å². The van der Waals surface area contributed by atoms with Crippen molar-refractivity contribution in [3.05, 3.63) is 52.6 Å². The van der Waals surface area contributed by atoms with Gasteiger partial charge in [0, 0.05) is 23.3 Å². The molecular formula is C14H12N2O2. The minimum Gasteiger partial charge on any atom is -0.497 e. The Morgan fingerprint density at radius 3 is 2.83 bits per heavy atom. The van der Waals surface area contributed by atoms with Crippen molar-refractivity contribution in [1.29, 1.82) is 0 Å². The van der Waals surface area contributed by atoms with Crippen molar-refractivity contribution in [2.75, 3.05) is 7.11 Å². The second-order valence-corrected chi connectivity index (χ2v) is 4.18. The van der Waals surface area contributed by atoms with Gasteiger partial charge in [0.1, 0.15) is 11.4 Å². The van der Waals surface area contributed by atoms with Crippen LogP contribution in [0.5, 0.6) is 5.75 Å². The van der Waals surface area contributed by atoms with E-state index in [0.717, 1.165) is 22.2 Å². The number of aryl methyl sites for hydroxylation is 1. The van der Waals surface area contributed by atoms with Crippen LogP contribution >= 0.6 is 0 Å². The number of nitrogens with zero attached hydrogens (tertiary/aromatic N) is 2. The SMILES string of the molecule is COc1ccc2cc(C)n3c(=O)ccnc3c2c1. The highest BCUT2D eigenvalue weighted by molar-refractivity contribution is 5.95. The van der Waals surface area contributed by atoms with Crippen LogP contribution in [0, 0.1) is 6.92 Å². The summed E-state index contributed by atoms with van der Waals surface area (Å²) in [6, 6.07) is 9.22. The van der Waals surface area contributed by atoms with Crippen LogP contribution in [-0.2, 0) is 0 Å². The molecular weight excluding hydrogens is 228 g/mol. The van der Waals surface area contributed by atoms with Gasteiger partial charge in [-0.25, -0.2) is 4.98 Å². The summed E-state index contributed by atoms with van der Waals surface area (Å²) in [5.74, 6) is 0.756. The Bertz CT molecular complexity index is 806. The number of hydrogen-bond donors (Lipinski definition) is 0. The van der Waals surface area contributed by atoms with Crippen molar-refractivity contribution < 1.29 is 4.74 Å². The Labute approximate surface area is 103 Å². The molecule has 0 aliphatic rings. The lowest BCUT2D eigenvalue weighted by atomic mass is 10.1. The van der Waals surface area contributed by atoms with E-state index < -0.39 is 0 Å². The van der Waals surface area contributed by atoms with E-state index in [4.69, 9.17) is 4.74 Å². The summed E-state index contributed by atoms with van der Waals surface area (Å²) in [5, 5.41) is 1.96. The topological polar surface area (TPSA) is 43.6 Å². The van der Waals surface area contributed by atoms with Gasteiger partial charge in [-0.05, 0) is 30.5 Å². The van der Waals surface area contributed by atoms with Gasteiger partial charge in [-0.15, -0.1) is 0 Å². The average Bonchev–Trinajstić information content (AvgIpc) is 2.38. The molecule has 0 N–H and O–H groups in total. The summed E-state index contributed by atoms with van der Waals surface area (Å²) in [7, 11) is 1.62. The lowest BCUT2D eigenvalue weighted by Crippen LogP contribution is -2.15. The van der Waals surface area contributed by atoms with Gasteiger partial charge in [0.25, 0.3) is 5.56 Å². The van der Waals surface area contributed by atoms with E-state index in [2.05, 4.69) is 4.98 Å².